The highest BCUT2D eigenvalue weighted by Gasteiger charge is 2.43. The van der Waals surface area contributed by atoms with Crippen LogP contribution in [0.4, 0.5) is 0 Å². The second kappa shape index (κ2) is 11.7. The summed E-state index contributed by atoms with van der Waals surface area (Å²) in [6.07, 6.45) is 0. The molecule has 0 heterocycles. The first-order valence-electron chi connectivity index (χ1n) is 23.3. The van der Waals surface area contributed by atoms with Crippen LogP contribution in [0.5, 0.6) is 0 Å². The van der Waals surface area contributed by atoms with Crippen LogP contribution in [-0.4, -0.2) is 0 Å². The van der Waals surface area contributed by atoms with Crippen molar-refractivity contribution in [3.05, 3.63) is 202 Å². The van der Waals surface area contributed by atoms with Crippen molar-refractivity contribution < 1.29 is 0 Å². The second-order valence-electron chi connectivity index (χ2n) is 21.6. The molecule has 10 aromatic rings. The zero-order valence-electron chi connectivity index (χ0n) is 38.0. The van der Waals surface area contributed by atoms with Crippen molar-refractivity contribution >= 4 is 32.3 Å². The van der Waals surface area contributed by atoms with E-state index >= 15 is 0 Å². The molecule has 0 N–H and O–H groups in total. The summed E-state index contributed by atoms with van der Waals surface area (Å²) >= 11 is 0. The normalized spacial score (nSPS) is 16.9. The maximum atomic E-state index is 2.55. The van der Waals surface area contributed by atoms with Crippen molar-refractivity contribution in [1.29, 1.82) is 0 Å². The topological polar surface area (TPSA) is 0 Å². The van der Waals surface area contributed by atoms with Gasteiger partial charge in [-0.05, 0) is 168 Å². The van der Waals surface area contributed by atoms with E-state index in [0.717, 1.165) is 0 Å². The minimum Gasteiger partial charge on any atom is -0.0619 e. The van der Waals surface area contributed by atoms with Gasteiger partial charge >= 0.3 is 0 Å². The molecule has 0 saturated carbocycles. The van der Waals surface area contributed by atoms with Crippen molar-refractivity contribution in [3.63, 3.8) is 0 Å². The van der Waals surface area contributed by atoms with E-state index in [-0.39, 0.29) is 21.7 Å². The molecule has 0 saturated heterocycles. The van der Waals surface area contributed by atoms with Crippen LogP contribution in [0.25, 0.3) is 99.1 Å². The fraction of sp³-hybridized carbons (Fsp3) is 0.188. The summed E-state index contributed by atoms with van der Waals surface area (Å²) in [6, 6.07) is 61.7. The molecule has 64 heavy (non-hydrogen) atoms. The summed E-state index contributed by atoms with van der Waals surface area (Å²) in [7, 11) is 0. The molecule has 0 spiro atoms. The standard InChI is InChI=1S/C64H50/c1-61(2)51-15-11-9-13-41(51)47-31-49-45-29-37(21-27-53(45)63(5,6)57(49)33-55(47)61)39-23-17-35-20-26-44-40(24-18-36-19-25-43(39)59(35)60(36)44)38-22-28-54-46(30-38)50-32-48-42-14-10-12-16-52(42)62(3,4)56(48)34-58(50)64(54,7)8/h9-34H,1-8H3. The van der Waals surface area contributed by atoms with Crippen LogP contribution in [0, 0.1) is 0 Å². The largest absolute Gasteiger partial charge is 0.0619 e. The van der Waals surface area contributed by atoms with E-state index in [1.165, 1.54) is 144 Å². The van der Waals surface area contributed by atoms with Gasteiger partial charge in [0.2, 0.25) is 0 Å². The van der Waals surface area contributed by atoms with Crippen LogP contribution >= 0.6 is 0 Å². The highest BCUT2D eigenvalue weighted by molar-refractivity contribution is 6.27. The van der Waals surface area contributed by atoms with Crippen LogP contribution in [0.3, 0.4) is 0 Å². The van der Waals surface area contributed by atoms with E-state index in [0.29, 0.717) is 0 Å². The van der Waals surface area contributed by atoms with Gasteiger partial charge in [-0.2, -0.15) is 0 Å². The van der Waals surface area contributed by atoms with E-state index < -0.39 is 0 Å². The van der Waals surface area contributed by atoms with Gasteiger partial charge < -0.3 is 0 Å². The Balaban J connectivity index is 0.918. The number of hydrogen-bond acceptors (Lipinski definition) is 0. The van der Waals surface area contributed by atoms with Crippen molar-refractivity contribution in [2.24, 2.45) is 0 Å². The molecular formula is C64H50. The molecule has 0 heteroatoms. The number of fused-ring (bicyclic) bond motifs is 12. The summed E-state index contributed by atoms with van der Waals surface area (Å²) in [6.45, 7) is 19.2. The van der Waals surface area contributed by atoms with Gasteiger partial charge in [0.25, 0.3) is 0 Å². The fourth-order valence-electron chi connectivity index (χ4n) is 13.5. The maximum Gasteiger partial charge on any atom is 0.0158 e. The molecular weight excluding hydrogens is 769 g/mol. The first-order chi connectivity index (χ1) is 30.7. The SMILES string of the molecule is CC1(C)c2ccccc2-c2cc3c(cc21)C(C)(C)c1ccc(-c2ccc4ccc5c(-c6ccc7c(c6)-c6cc8c(cc6C7(C)C)C(C)(C)c6ccccc6-8)ccc6ccc2c4c65)cc1-3. The lowest BCUT2D eigenvalue weighted by Crippen LogP contribution is -2.18. The minimum absolute atomic E-state index is 0.0212. The minimum atomic E-state index is -0.0834. The Labute approximate surface area is 376 Å². The monoisotopic (exact) mass is 818 g/mol. The zero-order valence-corrected chi connectivity index (χ0v) is 38.0. The Morgan fingerprint density at radius 3 is 0.969 bits per heavy atom. The third kappa shape index (κ3) is 4.35. The molecule has 4 aliphatic carbocycles. The summed E-state index contributed by atoms with van der Waals surface area (Å²) in [5, 5.41) is 7.93. The van der Waals surface area contributed by atoms with E-state index in [2.05, 4.69) is 213 Å². The van der Waals surface area contributed by atoms with Crippen LogP contribution in [0.2, 0.25) is 0 Å². The van der Waals surface area contributed by atoms with Crippen molar-refractivity contribution in [2.75, 3.05) is 0 Å². The van der Waals surface area contributed by atoms with Gasteiger partial charge in [0.05, 0.1) is 0 Å². The lowest BCUT2D eigenvalue weighted by atomic mass is 9.77. The van der Waals surface area contributed by atoms with Gasteiger partial charge in [-0.1, -0.05) is 189 Å². The Hall–Kier alpha value is -6.76. The van der Waals surface area contributed by atoms with Crippen molar-refractivity contribution in [2.45, 2.75) is 77.0 Å². The summed E-state index contributed by atoms with van der Waals surface area (Å²) in [5.74, 6) is 0. The summed E-state index contributed by atoms with van der Waals surface area (Å²) < 4.78 is 0. The molecule has 0 atom stereocenters. The van der Waals surface area contributed by atoms with Crippen molar-refractivity contribution in [3.8, 4) is 66.8 Å². The van der Waals surface area contributed by atoms with Gasteiger partial charge in [-0.3, -0.25) is 0 Å². The third-order valence-electron chi connectivity index (χ3n) is 17.0. The predicted molar refractivity (Wildman–Crippen MR) is 271 cm³/mol. The van der Waals surface area contributed by atoms with Gasteiger partial charge in [0, 0.05) is 21.7 Å². The van der Waals surface area contributed by atoms with Crippen molar-refractivity contribution in [1.82, 2.24) is 0 Å². The van der Waals surface area contributed by atoms with Crippen LogP contribution in [0.1, 0.15) is 99.9 Å². The number of hydrogen-bond donors (Lipinski definition) is 0. The maximum absolute atomic E-state index is 2.55. The first kappa shape index (κ1) is 36.7. The quantitative estimate of drug-likeness (QED) is 0.152. The number of rotatable bonds is 2. The van der Waals surface area contributed by atoms with E-state index in [4.69, 9.17) is 0 Å². The van der Waals surface area contributed by atoms with Crippen LogP contribution in [-0.2, 0) is 21.7 Å². The molecule has 0 nitrogen and oxygen atoms in total. The third-order valence-corrected chi connectivity index (χ3v) is 17.0. The smallest absolute Gasteiger partial charge is 0.0158 e. The molecule has 14 rings (SSSR count). The molecule has 0 unspecified atom stereocenters. The molecule has 0 fully saturated rings. The van der Waals surface area contributed by atoms with Crippen LogP contribution < -0.4 is 0 Å². The van der Waals surface area contributed by atoms with Gasteiger partial charge in [0.1, 0.15) is 0 Å². The Morgan fingerprint density at radius 1 is 0.234 bits per heavy atom. The van der Waals surface area contributed by atoms with E-state index in [1.807, 2.05) is 0 Å². The molecule has 306 valence electrons. The Morgan fingerprint density at radius 2 is 0.562 bits per heavy atom. The Kier molecular flexibility index (Phi) is 6.69. The first-order valence-corrected chi connectivity index (χ1v) is 23.3. The summed E-state index contributed by atoms with van der Waals surface area (Å²) in [5.41, 5.74) is 27.5. The average Bonchev–Trinajstić information content (AvgIpc) is 3.86. The molecule has 0 radical (unpaired) electrons. The lowest BCUT2D eigenvalue weighted by molar-refractivity contribution is 0.639. The molecule has 10 aromatic carbocycles. The van der Waals surface area contributed by atoms with Gasteiger partial charge in [0.15, 0.2) is 0 Å². The molecule has 0 amide bonds. The Bertz CT molecular complexity index is 3520. The van der Waals surface area contributed by atoms with Crippen LogP contribution in [0.15, 0.2) is 158 Å². The fourth-order valence-corrected chi connectivity index (χ4v) is 13.5. The molecule has 0 aliphatic heterocycles. The highest BCUT2D eigenvalue weighted by atomic mass is 14.5. The lowest BCUT2D eigenvalue weighted by Gasteiger charge is -2.26. The average molecular weight is 819 g/mol. The van der Waals surface area contributed by atoms with Gasteiger partial charge in [-0.25, -0.2) is 0 Å². The van der Waals surface area contributed by atoms with E-state index in [1.54, 1.807) is 0 Å². The second-order valence-corrected chi connectivity index (χ2v) is 21.6. The number of benzene rings is 10. The predicted octanol–water partition coefficient (Wildman–Crippen LogP) is 17.1. The van der Waals surface area contributed by atoms with Gasteiger partial charge in [-0.15, -0.1) is 0 Å². The molecule has 4 aliphatic rings. The molecule has 0 aromatic heterocycles. The molecule has 0 bridgehead atoms. The zero-order chi connectivity index (χ0) is 43.4. The van der Waals surface area contributed by atoms with E-state index in [9.17, 15) is 0 Å². The summed E-state index contributed by atoms with van der Waals surface area (Å²) in [4.78, 5) is 0. The highest BCUT2D eigenvalue weighted by Crippen LogP contribution is 2.59.